The zero-order valence-electron chi connectivity index (χ0n) is 15.6. The fourth-order valence-corrected chi connectivity index (χ4v) is 4.19. The monoisotopic (exact) mass is 372 g/mol. The lowest BCUT2D eigenvalue weighted by atomic mass is 9.80. The fourth-order valence-electron chi connectivity index (χ4n) is 4.06. The number of likely N-dealkylation sites (tertiary alicyclic amines) is 1. The second-order valence-corrected chi connectivity index (χ2v) is 8.13. The Balaban J connectivity index is 1.61. The van der Waals surface area contributed by atoms with Crippen LogP contribution in [0.1, 0.15) is 28.9 Å². The molecule has 4 rings (SSSR count). The van der Waals surface area contributed by atoms with Crippen LogP contribution in [0, 0.1) is 6.92 Å². The minimum Gasteiger partial charge on any atom is -0.376 e. The molecule has 1 aromatic carbocycles. The van der Waals surface area contributed by atoms with Crippen molar-refractivity contribution in [2.75, 3.05) is 38.7 Å². The van der Waals surface area contributed by atoms with E-state index < -0.39 is 0 Å². The smallest absolute Gasteiger partial charge is 0.225 e. The van der Waals surface area contributed by atoms with E-state index in [0.29, 0.717) is 6.61 Å². The standard InChI is InChI=1S/C20H25ClN4O/c1-14-17-11-26-13-20(18(17)23-19(22-14)24(2)3)8-9-25(12-20)10-15-4-6-16(21)7-5-15/h4-7H,8-13H2,1-3H3/t20-/m1/s1. The molecular formula is C20H25ClN4O. The normalized spacial score (nSPS) is 22.6. The molecule has 5 nitrogen and oxygen atoms in total. The van der Waals surface area contributed by atoms with Crippen LogP contribution in [0.4, 0.5) is 5.95 Å². The van der Waals surface area contributed by atoms with E-state index in [0.717, 1.165) is 49.3 Å². The van der Waals surface area contributed by atoms with E-state index in [4.69, 9.17) is 21.3 Å². The fraction of sp³-hybridized carbons (Fsp3) is 0.500. The number of rotatable bonds is 3. The summed E-state index contributed by atoms with van der Waals surface area (Å²) in [7, 11) is 3.99. The highest BCUT2D eigenvalue weighted by Gasteiger charge is 2.45. The third kappa shape index (κ3) is 3.20. The molecule has 0 aliphatic carbocycles. The molecule has 2 aliphatic rings. The van der Waals surface area contributed by atoms with Crippen LogP contribution in [-0.2, 0) is 23.3 Å². The van der Waals surface area contributed by atoms with E-state index in [9.17, 15) is 0 Å². The summed E-state index contributed by atoms with van der Waals surface area (Å²) in [6.07, 6.45) is 1.07. The summed E-state index contributed by atoms with van der Waals surface area (Å²) in [5.41, 5.74) is 4.66. The number of halogens is 1. The van der Waals surface area contributed by atoms with Crippen LogP contribution >= 0.6 is 11.6 Å². The van der Waals surface area contributed by atoms with Crippen molar-refractivity contribution < 1.29 is 4.74 Å². The van der Waals surface area contributed by atoms with Crippen LogP contribution in [0.25, 0.3) is 0 Å². The minimum absolute atomic E-state index is 0.0293. The number of aromatic nitrogens is 2. The molecule has 2 aromatic rings. The predicted octanol–water partition coefficient (Wildman–Crippen LogP) is 3.18. The molecule has 0 bridgehead atoms. The van der Waals surface area contributed by atoms with Gasteiger partial charge in [-0.05, 0) is 37.6 Å². The van der Waals surface area contributed by atoms with Gasteiger partial charge in [-0.15, -0.1) is 0 Å². The maximum Gasteiger partial charge on any atom is 0.225 e. The largest absolute Gasteiger partial charge is 0.376 e. The molecule has 0 unspecified atom stereocenters. The SMILES string of the molecule is Cc1nc(N(C)C)nc2c1COC[C@]21CCN(Cc2ccc(Cl)cc2)C1. The number of hydrogen-bond acceptors (Lipinski definition) is 5. The molecule has 6 heteroatoms. The highest BCUT2D eigenvalue weighted by Crippen LogP contribution is 2.40. The predicted molar refractivity (Wildman–Crippen MR) is 104 cm³/mol. The molecule has 0 amide bonds. The van der Waals surface area contributed by atoms with Crippen LogP contribution in [-0.4, -0.2) is 48.7 Å². The number of benzene rings is 1. The summed E-state index contributed by atoms with van der Waals surface area (Å²) in [6, 6.07) is 8.13. The van der Waals surface area contributed by atoms with E-state index in [2.05, 4.69) is 28.9 Å². The molecule has 26 heavy (non-hydrogen) atoms. The Hall–Kier alpha value is -1.69. The Morgan fingerprint density at radius 1 is 1.23 bits per heavy atom. The van der Waals surface area contributed by atoms with Crippen molar-refractivity contribution in [1.82, 2.24) is 14.9 Å². The number of anilines is 1. The molecule has 0 N–H and O–H groups in total. The average Bonchev–Trinajstić information content (AvgIpc) is 3.01. The molecule has 1 aromatic heterocycles. The van der Waals surface area contributed by atoms with E-state index in [-0.39, 0.29) is 5.41 Å². The molecule has 2 aliphatic heterocycles. The number of ether oxygens (including phenoxy) is 1. The molecule has 0 saturated carbocycles. The van der Waals surface area contributed by atoms with Gasteiger partial charge in [-0.2, -0.15) is 0 Å². The number of nitrogens with zero attached hydrogens (tertiary/aromatic N) is 4. The molecule has 0 radical (unpaired) electrons. The zero-order valence-corrected chi connectivity index (χ0v) is 16.4. The second-order valence-electron chi connectivity index (χ2n) is 7.69. The van der Waals surface area contributed by atoms with Gasteiger partial charge in [0.15, 0.2) is 0 Å². The maximum absolute atomic E-state index is 6.01. The van der Waals surface area contributed by atoms with Gasteiger partial charge >= 0.3 is 0 Å². The molecule has 138 valence electrons. The van der Waals surface area contributed by atoms with Crippen LogP contribution in [0.2, 0.25) is 5.02 Å². The lowest BCUT2D eigenvalue weighted by molar-refractivity contribution is 0.0498. The summed E-state index contributed by atoms with van der Waals surface area (Å²) >= 11 is 6.01. The highest BCUT2D eigenvalue weighted by atomic mass is 35.5. The van der Waals surface area contributed by atoms with E-state index in [1.165, 1.54) is 16.8 Å². The highest BCUT2D eigenvalue weighted by molar-refractivity contribution is 6.30. The zero-order chi connectivity index (χ0) is 18.3. The number of aryl methyl sites for hydroxylation is 1. The molecule has 1 spiro atoms. The van der Waals surface area contributed by atoms with Crippen molar-refractivity contribution >= 4 is 17.5 Å². The number of fused-ring (bicyclic) bond motifs is 2. The Morgan fingerprint density at radius 3 is 2.73 bits per heavy atom. The first-order valence-electron chi connectivity index (χ1n) is 9.07. The van der Waals surface area contributed by atoms with Gasteiger partial charge in [0, 0.05) is 43.5 Å². The van der Waals surface area contributed by atoms with Crippen molar-refractivity contribution in [3.8, 4) is 0 Å². The Kier molecular flexibility index (Phi) is 4.63. The topological polar surface area (TPSA) is 41.5 Å². The maximum atomic E-state index is 6.01. The van der Waals surface area contributed by atoms with Crippen molar-refractivity contribution in [1.29, 1.82) is 0 Å². The molecular weight excluding hydrogens is 348 g/mol. The van der Waals surface area contributed by atoms with Gasteiger partial charge in [0.2, 0.25) is 5.95 Å². The number of hydrogen-bond donors (Lipinski definition) is 0. The summed E-state index contributed by atoms with van der Waals surface area (Å²) in [4.78, 5) is 14.1. The van der Waals surface area contributed by atoms with Gasteiger partial charge in [0.05, 0.1) is 24.3 Å². The molecule has 1 atom stereocenters. The second kappa shape index (κ2) is 6.80. The van der Waals surface area contributed by atoms with Crippen molar-refractivity contribution in [2.24, 2.45) is 0 Å². The minimum atomic E-state index is -0.0293. The van der Waals surface area contributed by atoms with Gasteiger partial charge < -0.3 is 9.64 Å². The van der Waals surface area contributed by atoms with Gasteiger partial charge in [-0.25, -0.2) is 9.97 Å². The summed E-state index contributed by atoms with van der Waals surface area (Å²) in [6.45, 7) is 6.36. The summed E-state index contributed by atoms with van der Waals surface area (Å²) < 4.78 is 5.99. The lowest BCUT2D eigenvalue weighted by Gasteiger charge is -2.35. The van der Waals surface area contributed by atoms with Gasteiger partial charge in [-0.3, -0.25) is 4.90 Å². The van der Waals surface area contributed by atoms with Gasteiger partial charge in [0.25, 0.3) is 0 Å². The van der Waals surface area contributed by atoms with Gasteiger partial charge in [0.1, 0.15) is 0 Å². The molecule has 3 heterocycles. The first kappa shape index (κ1) is 17.7. The van der Waals surface area contributed by atoms with Crippen LogP contribution < -0.4 is 4.90 Å². The average molecular weight is 373 g/mol. The van der Waals surface area contributed by atoms with E-state index in [1.807, 2.05) is 31.1 Å². The van der Waals surface area contributed by atoms with E-state index >= 15 is 0 Å². The van der Waals surface area contributed by atoms with Crippen LogP contribution in [0.5, 0.6) is 0 Å². The Labute approximate surface area is 160 Å². The Bertz CT molecular complexity index is 808. The summed E-state index contributed by atoms with van der Waals surface area (Å²) in [5, 5.41) is 0.782. The first-order valence-corrected chi connectivity index (χ1v) is 9.44. The molecule has 1 fully saturated rings. The van der Waals surface area contributed by atoms with Crippen molar-refractivity contribution in [3.63, 3.8) is 0 Å². The summed E-state index contributed by atoms with van der Waals surface area (Å²) in [5.74, 6) is 0.790. The molecule has 1 saturated heterocycles. The van der Waals surface area contributed by atoms with Gasteiger partial charge in [-0.1, -0.05) is 23.7 Å². The quantitative estimate of drug-likeness (QED) is 0.827. The lowest BCUT2D eigenvalue weighted by Crippen LogP contribution is -2.41. The van der Waals surface area contributed by atoms with E-state index in [1.54, 1.807) is 0 Å². The Morgan fingerprint density at radius 2 is 2.00 bits per heavy atom. The van der Waals surface area contributed by atoms with Crippen molar-refractivity contribution in [3.05, 3.63) is 51.8 Å². The first-order chi connectivity index (χ1) is 12.5. The van der Waals surface area contributed by atoms with Crippen molar-refractivity contribution in [2.45, 2.75) is 31.9 Å². The third-order valence-corrected chi connectivity index (χ3v) is 5.73. The third-order valence-electron chi connectivity index (χ3n) is 5.48. The van der Waals surface area contributed by atoms with Crippen LogP contribution in [0.3, 0.4) is 0 Å². The van der Waals surface area contributed by atoms with Crippen LogP contribution in [0.15, 0.2) is 24.3 Å².